The molecule has 1 N–H and O–H groups in total. The van der Waals surface area contributed by atoms with Crippen LogP contribution in [0.4, 0.5) is 20.2 Å². The summed E-state index contributed by atoms with van der Waals surface area (Å²) < 4.78 is 29.8. The van der Waals surface area contributed by atoms with E-state index in [4.69, 9.17) is 4.74 Å². The van der Waals surface area contributed by atoms with Crippen LogP contribution >= 0.6 is 11.8 Å². The molecule has 0 saturated carbocycles. The Morgan fingerprint density at radius 2 is 2.11 bits per heavy atom. The molecule has 0 unspecified atom stereocenters. The average Bonchev–Trinajstić information content (AvgIpc) is 2.61. The van der Waals surface area contributed by atoms with Gasteiger partial charge in [-0.2, -0.15) is 8.78 Å². The molecule has 0 spiro atoms. The molecule has 0 aliphatic rings. The number of amides is 1. The molecule has 2 rings (SSSR count). The minimum atomic E-state index is -2.76. The summed E-state index contributed by atoms with van der Waals surface area (Å²) in [5, 5.41) is 12.9. The number of halogens is 2. The second-order valence-corrected chi connectivity index (χ2v) is 6.09. The number of hydrogen-bond donors (Lipinski definition) is 1. The standard InChI is InChI=1S/C16H13F2N3O5S/c1-9-7-10(21(24)25)4-5-12(9)20-13(22)8-26-15(23)11-3-2-6-19-14(11)27-16(17)18/h2-7,16H,8H2,1H3,(H,20,22). The van der Waals surface area contributed by atoms with Crippen LogP contribution in [-0.2, 0) is 9.53 Å². The molecule has 1 heterocycles. The second kappa shape index (κ2) is 9.03. The zero-order valence-corrected chi connectivity index (χ0v) is 14.7. The number of carbonyl (C=O) groups excluding carboxylic acids is 2. The first kappa shape index (κ1) is 20.2. The van der Waals surface area contributed by atoms with Crippen LogP contribution in [-0.4, -0.2) is 34.1 Å². The zero-order valence-electron chi connectivity index (χ0n) is 13.8. The normalized spacial score (nSPS) is 10.5. The fraction of sp³-hybridized carbons (Fsp3) is 0.188. The molecule has 8 nitrogen and oxygen atoms in total. The number of alkyl halides is 2. The topological polar surface area (TPSA) is 111 Å². The van der Waals surface area contributed by atoms with Crippen molar-refractivity contribution < 1.29 is 28.0 Å². The molecule has 142 valence electrons. The summed E-state index contributed by atoms with van der Waals surface area (Å²) in [6.45, 7) is 0.904. The predicted octanol–water partition coefficient (Wildman–Crippen LogP) is 3.41. The molecule has 1 amide bonds. The number of benzene rings is 1. The van der Waals surface area contributed by atoms with Crippen molar-refractivity contribution in [1.29, 1.82) is 0 Å². The van der Waals surface area contributed by atoms with Gasteiger partial charge in [0.25, 0.3) is 17.4 Å². The third-order valence-corrected chi connectivity index (χ3v) is 3.95. The first-order valence-electron chi connectivity index (χ1n) is 7.39. The lowest BCUT2D eigenvalue weighted by molar-refractivity contribution is -0.384. The van der Waals surface area contributed by atoms with Crippen LogP contribution in [0.25, 0.3) is 0 Å². The molecule has 0 saturated heterocycles. The van der Waals surface area contributed by atoms with E-state index >= 15 is 0 Å². The van der Waals surface area contributed by atoms with Crippen LogP contribution in [0.5, 0.6) is 0 Å². The average molecular weight is 397 g/mol. The van der Waals surface area contributed by atoms with Crippen LogP contribution in [0.2, 0.25) is 0 Å². The molecule has 11 heteroatoms. The van der Waals surface area contributed by atoms with Crippen LogP contribution in [0.1, 0.15) is 15.9 Å². The maximum Gasteiger partial charge on any atom is 0.341 e. The number of carbonyl (C=O) groups is 2. The molecule has 0 bridgehead atoms. The number of nitrogens with zero attached hydrogens (tertiary/aromatic N) is 2. The van der Waals surface area contributed by atoms with Gasteiger partial charge in [0.15, 0.2) is 6.61 Å². The highest BCUT2D eigenvalue weighted by Crippen LogP contribution is 2.26. The second-order valence-electron chi connectivity index (χ2n) is 5.12. The van der Waals surface area contributed by atoms with E-state index in [1.807, 2.05) is 0 Å². The first-order valence-corrected chi connectivity index (χ1v) is 8.27. The Labute approximate surface area is 156 Å². The van der Waals surface area contributed by atoms with Gasteiger partial charge in [-0.05, 0) is 42.4 Å². The molecule has 0 atom stereocenters. The SMILES string of the molecule is Cc1cc([N+](=O)[O-])ccc1NC(=O)COC(=O)c1cccnc1SC(F)F. The van der Waals surface area contributed by atoms with Gasteiger partial charge in [0.05, 0.1) is 10.5 Å². The molecule has 27 heavy (non-hydrogen) atoms. The Hall–Kier alpha value is -3.08. The van der Waals surface area contributed by atoms with E-state index in [2.05, 4.69) is 10.3 Å². The number of nitro groups is 1. The van der Waals surface area contributed by atoms with Gasteiger partial charge in [0, 0.05) is 24.0 Å². The number of hydrogen-bond acceptors (Lipinski definition) is 7. The first-order chi connectivity index (χ1) is 12.8. The van der Waals surface area contributed by atoms with Crippen molar-refractivity contribution in [3.8, 4) is 0 Å². The van der Waals surface area contributed by atoms with Gasteiger partial charge in [0.2, 0.25) is 0 Å². The van der Waals surface area contributed by atoms with Crippen molar-refractivity contribution in [2.45, 2.75) is 17.7 Å². The number of aryl methyl sites for hydroxylation is 1. The van der Waals surface area contributed by atoms with Gasteiger partial charge in [-0.3, -0.25) is 14.9 Å². The monoisotopic (exact) mass is 397 g/mol. The molecular formula is C16H13F2N3O5S. The summed E-state index contributed by atoms with van der Waals surface area (Å²) in [5.74, 6) is -4.42. The highest BCUT2D eigenvalue weighted by Gasteiger charge is 2.19. The van der Waals surface area contributed by atoms with Gasteiger partial charge in [-0.1, -0.05) is 0 Å². The van der Waals surface area contributed by atoms with Gasteiger partial charge >= 0.3 is 5.97 Å². The molecule has 2 aromatic rings. The fourth-order valence-corrected chi connectivity index (χ4v) is 2.59. The maximum absolute atomic E-state index is 12.5. The van der Waals surface area contributed by atoms with E-state index in [9.17, 15) is 28.5 Å². The summed E-state index contributed by atoms with van der Waals surface area (Å²) in [4.78, 5) is 37.8. The fourth-order valence-electron chi connectivity index (χ4n) is 2.02. The van der Waals surface area contributed by atoms with E-state index in [1.54, 1.807) is 6.92 Å². The highest BCUT2D eigenvalue weighted by atomic mass is 32.2. The largest absolute Gasteiger partial charge is 0.452 e. The molecule has 0 fully saturated rings. The van der Waals surface area contributed by atoms with E-state index in [1.165, 1.54) is 36.5 Å². The zero-order chi connectivity index (χ0) is 20.0. The summed E-state index contributed by atoms with van der Waals surface area (Å²) in [6.07, 6.45) is 1.26. The number of pyridine rings is 1. The smallest absolute Gasteiger partial charge is 0.341 e. The summed E-state index contributed by atoms with van der Waals surface area (Å²) >= 11 is 0.0950. The molecular weight excluding hydrogens is 384 g/mol. The van der Waals surface area contributed by atoms with Crippen molar-refractivity contribution >= 4 is 35.0 Å². The number of nitrogens with one attached hydrogen (secondary N) is 1. The number of esters is 1. The number of aromatic nitrogens is 1. The summed E-state index contributed by atoms with van der Waals surface area (Å²) in [5.41, 5.74) is 0.461. The molecule has 1 aromatic heterocycles. The number of thioether (sulfide) groups is 1. The van der Waals surface area contributed by atoms with Crippen LogP contribution < -0.4 is 5.32 Å². The minimum Gasteiger partial charge on any atom is -0.452 e. The van der Waals surface area contributed by atoms with E-state index < -0.39 is 29.2 Å². The lowest BCUT2D eigenvalue weighted by Gasteiger charge is -2.10. The predicted molar refractivity (Wildman–Crippen MR) is 92.8 cm³/mol. The Kier molecular flexibility index (Phi) is 6.77. The Balaban J connectivity index is 1.98. The number of ether oxygens (including phenoxy) is 1. The van der Waals surface area contributed by atoms with Crippen molar-refractivity contribution in [3.05, 3.63) is 57.8 Å². The van der Waals surface area contributed by atoms with Gasteiger partial charge in [0.1, 0.15) is 5.03 Å². The lowest BCUT2D eigenvalue weighted by atomic mass is 10.2. The minimum absolute atomic E-state index is 0.0950. The molecule has 1 aromatic carbocycles. The molecule has 0 aliphatic carbocycles. The van der Waals surface area contributed by atoms with Crippen molar-refractivity contribution in [2.75, 3.05) is 11.9 Å². The van der Waals surface area contributed by atoms with Crippen LogP contribution in [0, 0.1) is 17.0 Å². The van der Waals surface area contributed by atoms with Crippen LogP contribution in [0.15, 0.2) is 41.6 Å². The van der Waals surface area contributed by atoms with E-state index in [0.717, 1.165) is 0 Å². The third kappa shape index (κ3) is 5.71. The lowest BCUT2D eigenvalue weighted by Crippen LogP contribution is -2.21. The van der Waals surface area contributed by atoms with Gasteiger partial charge in [-0.15, -0.1) is 0 Å². The summed E-state index contributed by atoms with van der Waals surface area (Å²) in [7, 11) is 0. The van der Waals surface area contributed by atoms with Crippen molar-refractivity contribution in [3.63, 3.8) is 0 Å². The van der Waals surface area contributed by atoms with Crippen molar-refractivity contribution in [2.24, 2.45) is 0 Å². The highest BCUT2D eigenvalue weighted by molar-refractivity contribution is 7.99. The molecule has 0 aliphatic heterocycles. The number of rotatable bonds is 7. The number of non-ortho nitro benzene ring substituents is 1. The summed E-state index contributed by atoms with van der Waals surface area (Å²) in [6, 6.07) is 6.50. The van der Waals surface area contributed by atoms with E-state index in [-0.39, 0.29) is 28.0 Å². The third-order valence-electron chi connectivity index (χ3n) is 3.22. The Bertz CT molecular complexity index is 879. The van der Waals surface area contributed by atoms with Crippen LogP contribution in [0.3, 0.4) is 0 Å². The Morgan fingerprint density at radius 3 is 2.74 bits per heavy atom. The maximum atomic E-state index is 12.5. The number of nitro benzene ring substituents is 1. The van der Waals surface area contributed by atoms with Gasteiger partial charge < -0.3 is 10.1 Å². The Morgan fingerprint density at radius 1 is 1.37 bits per heavy atom. The van der Waals surface area contributed by atoms with Gasteiger partial charge in [-0.25, -0.2) is 9.78 Å². The van der Waals surface area contributed by atoms with Crippen molar-refractivity contribution in [1.82, 2.24) is 4.98 Å². The number of anilines is 1. The molecule has 0 radical (unpaired) electrons. The quantitative estimate of drug-likeness (QED) is 0.330. The van der Waals surface area contributed by atoms with E-state index in [0.29, 0.717) is 11.3 Å².